The van der Waals surface area contributed by atoms with Crippen molar-refractivity contribution in [2.75, 3.05) is 23.7 Å². The van der Waals surface area contributed by atoms with Gasteiger partial charge >= 0.3 is 0 Å². The predicted molar refractivity (Wildman–Crippen MR) is 99.6 cm³/mol. The Morgan fingerprint density at radius 2 is 1.58 bits per heavy atom. The number of nitrogen functional groups attached to an aromatic ring is 1. The monoisotopic (exact) mass is 328 g/mol. The summed E-state index contributed by atoms with van der Waals surface area (Å²) in [4.78, 5) is 10.8. The molecule has 0 aliphatic carbocycles. The molecule has 0 spiro atoms. The largest absolute Gasteiger partial charge is 0.437 e. The van der Waals surface area contributed by atoms with Crippen molar-refractivity contribution in [3.05, 3.63) is 36.2 Å². The Balaban J connectivity index is 2.28. The Hall–Kier alpha value is -2.30. The van der Waals surface area contributed by atoms with Gasteiger partial charge < -0.3 is 15.4 Å². The summed E-state index contributed by atoms with van der Waals surface area (Å²) in [6, 6.07) is 7.82. The number of benzene rings is 1. The van der Waals surface area contributed by atoms with Gasteiger partial charge in [0.1, 0.15) is 17.8 Å². The van der Waals surface area contributed by atoms with Crippen LogP contribution in [0.15, 0.2) is 30.6 Å². The Morgan fingerprint density at radius 1 is 1.00 bits per heavy atom. The minimum atomic E-state index is 0.404. The van der Waals surface area contributed by atoms with Crippen LogP contribution in [-0.2, 0) is 0 Å². The molecule has 0 amide bonds. The lowest BCUT2D eigenvalue weighted by molar-refractivity contribution is 0.463. The van der Waals surface area contributed by atoms with E-state index in [2.05, 4.69) is 42.6 Å². The summed E-state index contributed by atoms with van der Waals surface area (Å²) in [5, 5.41) is 0. The minimum absolute atomic E-state index is 0.404. The number of nitrogens with two attached hydrogens (primary N) is 1. The molecular weight excluding hydrogens is 300 g/mol. The Bertz CT molecular complexity index is 643. The number of aromatic nitrogens is 2. The molecule has 2 N–H and O–H groups in total. The summed E-state index contributed by atoms with van der Waals surface area (Å²) < 4.78 is 5.86. The van der Waals surface area contributed by atoms with Crippen LogP contribution < -0.4 is 15.4 Å². The first-order valence-electron chi connectivity index (χ1n) is 8.46. The fourth-order valence-corrected chi connectivity index (χ4v) is 2.55. The van der Waals surface area contributed by atoms with Crippen molar-refractivity contribution in [1.29, 1.82) is 0 Å². The molecule has 2 rings (SSSR count). The minimum Gasteiger partial charge on any atom is -0.437 e. The third-order valence-electron chi connectivity index (χ3n) is 3.53. The summed E-state index contributed by atoms with van der Waals surface area (Å²) >= 11 is 0. The van der Waals surface area contributed by atoms with Crippen molar-refractivity contribution in [3.8, 4) is 11.6 Å². The number of nitrogens with zero attached hydrogens (tertiary/aromatic N) is 3. The maximum atomic E-state index is 6.32. The fraction of sp³-hybridized carbons (Fsp3) is 0.474. The quantitative estimate of drug-likeness (QED) is 0.822. The van der Waals surface area contributed by atoms with E-state index in [4.69, 9.17) is 10.5 Å². The van der Waals surface area contributed by atoms with Crippen molar-refractivity contribution in [2.24, 2.45) is 11.8 Å². The molecule has 24 heavy (non-hydrogen) atoms. The van der Waals surface area contributed by atoms with Crippen LogP contribution in [0.4, 0.5) is 11.5 Å². The van der Waals surface area contributed by atoms with Gasteiger partial charge in [-0.1, -0.05) is 45.4 Å². The number of rotatable bonds is 7. The van der Waals surface area contributed by atoms with Crippen molar-refractivity contribution >= 4 is 11.5 Å². The summed E-state index contributed by atoms with van der Waals surface area (Å²) in [6.45, 7) is 12.6. The topological polar surface area (TPSA) is 64.3 Å². The third-order valence-corrected chi connectivity index (χ3v) is 3.53. The van der Waals surface area contributed by atoms with Crippen molar-refractivity contribution in [3.63, 3.8) is 0 Å². The first-order chi connectivity index (χ1) is 11.4. The molecular formula is C19H28N4O. The van der Waals surface area contributed by atoms with Crippen LogP contribution in [0.25, 0.3) is 0 Å². The van der Waals surface area contributed by atoms with Gasteiger partial charge in [-0.15, -0.1) is 0 Å². The van der Waals surface area contributed by atoms with Gasteiger partial charge in [0.15, 0.2) is 5.82 Å². The zero-order chi connectivity index (χ0) is 17.7. The van der Waals surface area contributed by atoms with Crippen LogP contribution in [0.1, 0.15) is 33.3 Å². The van der Waals surface area contributed by atoms with E-state index in [0.29, 0.717) is 23.4 Å². The number of anilines is 2. The van der Waals surface area contributed by atoms with E-state index in [1.165, 1.54) is 11.9 Å². The highest BCUT2D eigenvalue weighted by atomic mass is 16.5. The normalized spacial score (nSPS) is 11.1. The number of hydrogen-bond donors (Lipinski definition) is 1. The highest BCUT2D eigenvalue weighted by Gasteiger charge is 2.18. The summed E-state index contributed by atoms with van der Waals surface area (Å²) in [5.74, 6) is 2.89. The fourth-order valence-electron chi connectivity index (χ4n) is 2.55. The van der Waals surface area contributed by atoms with E-state index < -0.39 is 0 Å². The van der Waals surface area contributed by atoms with Crippen LogP contribution in [0, 0.1) is 18.8 Å². The van der Waals surface area contributed by atoms with Crippen molar-refractivity contribution in [1.82, 2.24) is 9.97 Å². The van der Waals surface area contributed by atoms with E-state index in [1.807, 2.05) is 31.2 Å². The van der Waals surface area contributed by atoms with Crippen LogP contribution in [-0.4, -0.2) is 23.1 Å². The van der Waals surface area contributed by atoms with Crippen molar-refractivity contribution in [2.45, 2.75) is 34.6 Å². The van der Waals surface area contributed by atoms with Gasteiger partial charge in [0.05, 0.1) is 0 Å². The second-order valence-electron chi connectivity index (χ2n) is 7.02. The molecule has 0 aliphatic heterocycles. The average molecular weight is 328 g/mol. The lowest BCUT2D eigenvalue weighted by Gasteiger charge is -2.28. The van der Waals surface area contributed by atoms with Gasteiger partial charge in [-0.05, 0) is 30.9 Å². The standard InChI is InChI=1S/C19H28N4O/c1-13(2)10-23(11-14(3)4)18-17(20)19(22-12-21-18)24-16-8-6-15(5)7-9-16/h6-9,12-14H,10-11,20H2,1-5H3. The second-order valence-corrected chi connectivity index (χ2v) is 7.02. The summed E-state index contributed by atoms with van der Waals surface area (Å²) in [7, 11) is 0. The smallest absolute Gasteiger partial charge is 0.248 e. The zero-order valence-electron chi connectivity index (χ0n) is 15.3. The van der Waals surface area contributed by atoms with Gasteiger partial charge in [-0.25, -0.2) is 4.98 Å². The van der Waals surface area contributed by atoms with Crippen LogP contribution >= 0.6 is 0 Å². The molecule has 5 nitrogen and oxygen atoms in total. The second kappa shape index (κ2) is 7.99. The molecule has 0 fully saturated rings. The van der Waals surface area contributed by atoms with Crippen LogP contribution in [0.2, 0.25) is 0 Å². The molecule has 2 aromatic rings. The molecule has 0 atom stereocenters. The molecule has 0 saturated heterocycles. The molecule has 0 radical (unpaired) electrons. The van der Waals surface area contributed by atoms with Crippen LogP contribution in [0.5, 0.6) is 11.6 Å². The van der Waals surface area contributed by atoms with E-state index in [0.717, 1.165) is 24.7 Å². The first-order valence-corrected chi connectivity index (χ1v) is 8.46. The first kappa shape index (κ1) is 18.0. The SMILES string of the molecule is Cc1ccc(Oc2ncnc(N(CC(C)C)CC(C)C)c2N)cc1. The Kier molecular flexibility index (Phi) is 6.01. The molecule has 1 heterocycles. The summed E-state index contributed by atoms with van der Waals surface area (Å²) in [6.07, 6.45) is 1.52. The number of ether oxygens (including phenoxy) is 1. The van der Waals surface area contributed by atoms with Crippen LogP contribution in [0.3, 0.4) is 0 Å². The maximum absolute atomic E-state index is 6.32. The maximum Gasteiger partial charge on any atom is 0.248 e. The lowest BCUT2D eigenvalue weighted by Crippen LogP contribution is -2.32. The molecule has 130 valence electrons. The predicted octanol–water partition coefficient (Wildman–Crippen LogP) is 4.28. The molecule has 0 unspecified atom stereocenters. The molecule has 0 aliphatic rings. The van der Waals surface area contributed by atoms with Gasteiger partial charge in [0.25, 0.3) is 0 Å². The number of hydrogen-bond acceptors (Lipinski definition) is 5. The van der Waals surface area contributed by atoms with E-state index in [1.54, 1.807) is 0 Å². The van der Waals surface area contributed by atoms with Gasteiger partial charge in [-0.2, -0.15) is 4.98 Å². The van der Waals surface area contributed by atoms with Gasteiger partial charge in [-0.3, -0.25) is 0 Å². The highest BCUT2D eigenvalue weighted by Crippen LogP contribution is 2.32. The van der Waals surface area contributed by atoms with E-state index in [9.17, 15) is 0 Å². The van der Waals surface area contributed by atoms with E-state index >= 15 is 0 Å². The molecule has 0 bridgehead atoms. The molecule has 1 aromatic carbocycles. The molecule has 1 aromatic heterocycles. The lowest BCUT2D eigenvalue weighted by atomic mass is 10.1. The van der Waals surface area contributed by atoms with Gasteiger partial charge in [0.2, 0.25) is 5.88 Å². The highest BCUT2D eigenvalue weighted by molar-refractivity contribution is 5.68. The Labute approximate surface area is 144 Å². The molecule has 0 saturated carbocycles. The summed E-state index contributed by atoms with van der Waals surface area (Å²) in [5.41, 5.74) is 7.99. The Morgan fingerprint density at radius 3 is 2.12 bits per heavy atom. The average Bonchev–Trinajstić information content (AvgIpc) is 2.50. The number of aryl methyl sites for hydroxylation is 1. The third kappa shape index (κ3) is 4.85. The van der Waals surface area contributed by atoms with E-state index in [-0.39, 0.29) is 0 Å². The zero-order valence-corrected chi connectivity index (χ0v) is 15.3. The molecule has 5 heteroatoms. The van der Waals surface area contributed by atoms with Gasteiger partial charge in [0, 0.05) is 13.1 Å². The van der Waals surface area contributed by atoms with Crippen molar-refractivity contribution < 1.29 is 4.74 Å².